The molecule has 2 nitrogen and oxygen atoms in total. The predicted molar refractivity (Wildman–Crippen MR) is 133 cm³/mol. The number of rotatable bonds is 5. The molecule has 0 N–H and O–H groups in total. The van der Waals surface area contributed by atoms with E-state index in [1.54, 1.807) is 12.1 Å². The van der Waals surface area contributed by atoms with E-state index < -0.39 is 18.0 Å². The van der Waals surface area contributed by atoms with Crippen LogP contribution < -0.4 is 4.74 Å². The Morgan fingerprint density at radius 3 is 1.92 bits per heavy atom. The standard InChI is InChI=1S/C30H20F5NO/c31-25-7-4-8-26(32)28(25)29-23(17-19-5-2-1-3-6-19)18-27(36-29)22-11-9-20(10-12-22)21-13-15-24(16-14-21)37-30(33,34)35/h1-17,27H,18H2. The van der Waals surface area contributed by atoms with Crippen LogP contribution in [-0.2, 0) is 0 Å². The van der Waals surface area contributed by atoms with Gasteiger partial charge in [-0.2, -0.15) is 0 Å². The maximum absolute atomic E-state index is 14.7. The summed E-state index contributed by atoms with van der Waals surface area (Å²) >= 11 is 0. The Hall–Kier alpha value is -4.26. The summed E-state index contributed by atoms with van der Waals surface area (Å²) in [7, 11) is 0. The molecule has 0 amide bonds. The summed E-state index contributed by atoms with van der Waals surface area (Å²) in [4.78, 5) is 4.72. The van der Waals surface area contributed by atoms with Gasteiger partial charge in [-0.05, 0) is 58.2 Å². The van der Waals surface area contributed by atoms with Crippen LogP contribution >= 0.6 is 0 Å². The molecule has 4 aromatic carbocycles. The minimum absolute atomic E-state index is 0.148. The van der Waals surface area contributed by atoms with Gasteiger partial charge in [-0.1, -0.05) is 72.8 Å². The molecule has 7 heteroatoms. The van der Waals surface area contributed by atoms with Crippen molar-refractivity contribution in [1.82, 2.24) is 0 Å². The van der Waals surface area contributed by atoms with Crippen molar-refractivity contribution >= 4 is 11.8 Å². The number of ether oxygens (including phenoxy) is 1. The maximum atomic E-state index is 14.7. The van der Waals surface area contributed by atoms with Crippen molar-refractivity contribution in [2.75, 3.05) is 0 Å². The summed E-state index contributed by atoms with van der Waals surface area (Å²) < 4.78 is 70.5. The van der Waals surface area contributed by atoms with Gasteiger partial charge in [-0.25, -0.2) is 8.78 Å². The Balaban J connectivity index is 1.44. The molecular weight excluding hydrogens is 485 g/mol. The van der Waals surface area contributed by atoms with Gasteiger partial charge in [0.05, 0.1) is 17.3 Å². The Morgan fingerprint density at radius 2 is 1.32 bits per heavy atom. The van der Waals surface area contributed by atoms with Crippen LogP contribution in [0.5, 0.6) is 5.75 Å². The summed E-state index contributed by atoms with van der Waals surface area (Å²) in [5.41, 5.74) is 4.13. The molecule has 5 rings (SSSR count). The van der Waals surface area contributed by atoms with E-state index in [-0.39, 0.29) is 23.1 Å². The minimum Gasteiger partial charge on any atom is -0.406 e. The van der Waals surface area contributed by atoms with Crippen molar-refractivity contribution in [3.8, 4) is 16.9 Å². The molecule has 0 spiro atoms. The number of hydrogen-bond acceptors (Lipinski definition) is 2. The van der Waals surface area contributed by atoms with Crippen molar-refractivity contribution in [3.63, 3.8) is 0 Å². The van der Waals surface area contributed by atoms with E-state index in [0.29, 0.717) is 6.42 Å². The molecule has 1 atom stereocenters. The van der Waals surface area contributed by atoms with Gasteiger partial charge in [-0.15, -0.1) is 13.2 Å². The number of hydrogen-bond donors (Lipinski definition) is 0. The predicted octanol–water partition coefficient (Wildman–Crippen LogP) is 8.55. The summed E-state index contributed by atoms with van der Waals surface area (Å²) in [6.45, 7) is 0. The average molecular weight is 505 g/mol. The lowest BCUT2D eigenvalue weighted by atomic mass is 9.95. The molecule has 0 bridgehead atoms. The number of alkyl halides is 3. The lowest BCUT2D eigenvalue weighted by Gasteiger charge is -2.11. The Labute approximate surface area is 210 Å². The first-order chi connectivity index (χ1) is 17.8. The fraction of sp³-hybridized carbons (Fsp3) is 0.100. The molecule has 1 unspecified atom stereocenters. The van der Waals surface area contributed by atoms with Gasteiger partial charge in [0.2, 0.25) is 0 Å². The third-order valence-electron chi connectivity index (χ3n) is 6.06. The fourth-order valence-corrected chi connectivity index (χ4v) is 4.36. The molecule has 1 aliphatic heterocycles. The van der Waals surface area contributed by atoms with Gasteiger partial charge < -0.3 is 4.74 Å². The van der Waals surface area contributed by atoms with Crippen LogP contribution in [0.1, 0.15) is 29.2 Å². The molecule has 1 heterocycles. The molecule has 0 saturated carbocycles. The van der Waals surface area contributed by atoms with E-state index >= 15 is 0 Å². The van der Waals surface area contributed by atoms with Crippen LogP contribution in [-0.4, -0.2) is 12.1 Å². The second-order valence-electron chi connectivity index (χ2n) is 8.57. The number of nitrogens with zero attached hydrogens (tertiary/aromatic N) is 1. The molecule has 0 aromatic heterocycles. The summed E-state index contributed by atoms with van der Waals surface area (Å²) in [5, 5.41) is 0. The van der Waals surface area contributed by atoms with E-state index in [0.717, 1.165) is 27.8 Å². The number of benzene rings is 4. The van der Waals surface area contributed by atoms with Gasteiger partial charge in [0.25, 0.3) is 0 Å². The van der Waals surface area contributed by atoms with E-state index in [1.165, 1.54) is 30.3 Å². The Kier molecular flexibility index (Phi) is 6.61. The third-order valence-corrected chi connectivity index (χ3v) is 6.06. The molecule has 0 radical (unpaired) electrons. The summed E-state index contributed by atoms with van der Waals surface area (Å²) in [6, 6.07) is 25.9. The lowest BCUT2D eigenvalue weighted by molar-refractivity contribution is -0.274. The van der Waals surface area contributed by atoms with Crippen LogP contribution in [0.4, 0.5) is 22.0 Å². The highest BCUT2D eigenvalue weighted by Gasteiger charge is 2.31. The van der Waals surface area contributed by atoms with Gasteiger partial charge in [0.1, 0.15) is 17.4 Å². The molecule has 186 valence electrons. The summed E-state index contributed by atoms with van der Waals surface area (Å²) in [6.07, 6.45) is -2.40. The number of halogens is 5. The van der Waals surface area contributed by atoms with Gasteiger partial charge >= 0.3 is 6.36 Å². The first kappa shape index (κ1) is 24.4. The molecule has 0 aliphatic carbocycles. The van der Waals surface area contributed by atoms with Crippen molar-refractivity contribution < 1.29 is 26.7 Å². The quantitative estimate of drug-likeness (QED) is 0.249. The van der Waals surface area contributed by atoms with Crippen LogP contribution in [0.3, 0.4) is 0 Å². The number of aliphatic imine (C=N–C) groups is 1. The second kappa shape index (κ2) is 10.0. The highest BCUT2D eigenvalue weighted by atomic mass is 19.4. The average Bonchev–Trinajstić information content (AvgIpc) is 3.27. The molecule has 0 saturated heterocycles. The smallest absolute Gasteiger partial charge is 0.406 e. The minimum atomic E-state index is -4.75. The molecule has 37 heavy (non-hydrogen) atoms. The van der Waals surface area contributed by atoms with E-state index in [2.05, 4.69) is 4.74 Å². The first-order valence-electron chi connectivity index (χ1n) is 11.5. The van der Waals surface area contributed by atoms with Crippen LogP contribution in [0.15, 0.2) is 108 Å². The SMILES string of the molecule is Fc1cccc(F)c1C1=NC(c2ccc(-c3ccc(OC(F)(F)F)cc3)cc2)CC1=Cc1ccccc1. The highest BCUT2D eigenvalue weighted by molar-refractivity contribution is 6.16. The van der Waals surface area contributed by atoms with Crippen molar-refractivity contribution in [2.24, 2.45) is 4.99 Å². The van der Waals surface area contributed by atoms with Crippen LogP contribution in [0.2, 0.25) is 0 Å². The normalized spacial score (nSPS) is 16.6. The zero-order chi connectivity index (χ0) is 26.0. The van der Waals surface area contributed by atoms with Crippen molar-refractivity contribution in [1.29, 1.82) is 0 Å². The molecule has 1 aliphatic rings. The fourth-order valence-electron chi connectivity index (χ4n) is 4.36. The monoisotopic (exact) mass is 505 g/mol. The largest absolute Gasteiger partial charge is 0.573 e. The van der Waals surface area contributed by atoms with E-state index in [9.17, 15) is 22.0 Å². The van der Waals surface area contributed by atoms with E-state index in [4.69, 9.17) is 4.99 Å². The molecule has 4 aromatic rings. The maximum Gasteiger partial charge on any atom is 0.573 e. The lowest BCUT2D eigenvalue weighted by Crippen LogP contribution is -2.16. The van der Waals surface area contributed by atoms with Gasteiger partial charge in [-0.3, -0.25) is 4.99 Å². The Bertz CT molecular complexity index is 1440. The molecule has 0 fully saturated rings. The van der Waals surface area contributed by atoms with Crippen LogP contribution in [0, 0.1) is 11.6 Å². The van der Waals surface area contributed by atoms with Crippen molar-refractivity contribution in [3.05, 3.63) is 131 Å². The van der Waals surface area contributed by atoms with Crippen molar-refractivity contribution in [2.45, 2.75) is 18.8 Å². The van der Waals surface area contributed by atoms with Crippen LogP contribution in [0.25, 0.3) is 17.2 Å². The second-order valence-corrected chi connectivity index (χ2v) is 8.57. The van der Waals surface area contributed by atoms with Gasteiger partial charge in [0, 0.05) is 6.42 Å². The highest BCUT2D eigenvalue weighted by Crippen LogP contribution is 2.37. The Morgan fingerprint density at radius 1 is 0.730 bits per heavy atom. The zero-order valence-corrected chi connectivity index (χ0v) is 19.3. The summed E-state index contributed by atoms with van der Waals surface area (Å²) in [5.74, 6) is -1.64. The topological polar surface area (TPSA) is 21.6 Å². The zero-order valence-electron chi connectivity index (χ0n) is 19.3. The first-order valence-corrected chi connectivity index (χ1v) is 11.5. The van der Waals surface area contributed by atoms with E-state index in [1.807, 2.05) is 60.7 Å². The third kappa shape index (κ3) is 5.61. The molecular formula is C30H20F5NO. The van der Waals surface area contributed by atoms with Gasteiger partial charge in [0.15, 0.2) is 0 Å².